The Bertz CT molecular complexity index is 604. The second-order valence-electron chi connectivity index (χ2n) is 7.17. The molecule has 1 aromatic carbocycles. The summed E-state index contributed by atoms with van der Waals surface area (Å²) in [4.78, 5) is 28.5. The highest BCUT2D eigenvalue weighted by Crippen LogP contribution is 2.30. The number of nitrogens with zero attached hydrogens (tertiary/aromatic N) is 2. The average molecular weight is 344 g/mol. The molecule has 136 valence electrons. The molecule has 3 rings (SSSR count). The number of carbonyl (C=O) groups excluding carboxylic acids is 2. The third-order valence-electron chi connectivity index (χ3n) is 5.53. The zero-order valence-corrected chi connectivity index (χ0v) is 14.9. The van der Waals surface area contributed by atoms with Gasteiger partial charge in [0.1, 0.15) is 0 Å². The Balaban J connectivity index is 1.60. The number of carbonyl (C=O) groups is 2. The normalized spacial score (nSPS) is 24.6. The lowest BCUT2D eigenvalue weighted by molar-refractivity contribution is -0.137. The Morgan fingerprint density at radius 1 is 1.20 bits per heavy atom. The van der Waals surface area contributed by atoms with Gasteiger partial charge in [-0.15, -0.1) is 0 Å². The van der Waals surface area contributed by atoms with E-state index in [1.54, 1.807) is 0 Å². The standard InChI is InChI=1S/C20H28N2O3/c1-2-19(24)21-12-10-16(14-21)20(25)22-11-6-9-17(22)13-18(23)15-7-4-3-5-8-15/h3-5,7-8,16-18,23H,2,6,9-14H2,1H3. The van der Waals surface area contributed by atoms with Crippen LogP contribution in [0.5, 0.6) is 0 Å². The minimum Gasteiger partial charge on any atom is -0.388 e. The molecule has 1 aromatic rings. The van der Waals surface area contributed by atoms with Gasteiger partial charge in [0, 0.05) is 32.1 Å². The number of amides is 2. The van der Waals surface area contributed by atoms with Gasteiger partial charge in [0.2, 0.25) is 11.8 Å². The first-order chi connectivity index (χ1) is 12.1. The van der Waals surface area contributed by atoms with Gasteiger partial charge in [0.15, 0.2) is 0 Å². The van der Waals surface area contributed by atoms with Crippen molar-refractivity contribution < 1.29 is 14.7 Å². The summed E-state index contributed by atoms with van der Waals surface area (Å²) < 4.78 is 0. The van der Waals surface area contributed by atoms with E-state index in [9.17, 15) is 14.7 Å². The molecule has 2 heterocycles. The average Bonchev–Trinajstić information content (AvgIpc) is 3.31. The first-order valence-corrected chi connectivity index (χ1v) is 9.41. The maximum atomic E-state index is 12.9. The summed E-state index contributed by atoms with van der Waals surface area (Å²) in [5, 5.41) is 10.5. The molecule has 3 unspecified atom stereocenters. The van der Waals surface area contributed by atoms with E-state index in [-0.39, 0.29) is 23.8 Å². The Labute approximate surface area is 149 Å². The molecular weight excluding hydrogens is 316 g/mol. The third kappa shape index (κ3) is 4.03. The van der Waals surface area contributed by atoms with E-state index in [4.69, 9.17) is 0 Å². The molecule has 3 atom stereocenters. The van der Waals surface area contributed by atoms with Gasteiger partial charge in [-0.2, -0.15) is 0 Å². The lowest BCUT2D eigenvalue weighted by Gasteiger charge is -2.29. The van der Waals surface area contributed by atoms with Crippen LogP contribution in [0.2, 0.25) is 0 Å². The Morgan fingerprint density at radius 3 is 2.68 bits per heavy atom. The van der Waals surface area contributed by atoms with Gasteiger partial charge < -0.3 is 14.9 Å². The monoisotopic (exact) mass is 344 g/mol. The molecule has 1 N–H and O–H groups in total. The van der Waals surface area contributed by atoms with Crippen molar-refractivity contribution in [2.24, 2.45) is 5.92 Å². The van der Waals surface area contributed by atoms with Crippen LogP contribution < -0.4 is 0 Å². The van der Waals surface area contributed by atoms with Crippen LogP contribution in [0.25, 0.3) is 0 Å². The van der Waals surface area contributed by atoms with E-state index in [1.807, 2.05) is 47.1 Å². The predicted octanol–water partition coefficient (Wildman–Crippen LogP) is 2.36. The van der Waals surface area contributed by atoms with Crippen molar-refractivity contribution in [2.75, 3.05) is 19.6 Å². The summed E-state index contributed by atoms with van der Waals surface area (Å²) >= 11 is 0. The molecule has 25 heavy (non-hydrogen) atoms. The van der Waals surface area contributed by atoms with Gasteiger partial charge in [-0.3, -0.25) is 9.59 Å². The van der Waals surface area contributed by atoms with E-state index in [1.165, 1.54) is 0 Å². The van der Waals surface area contributed by atoms with Crippen LogP contribution in [-0.2, 0) is 9.59 Å². The van der Waals surface area contributed by atoms with Gasteiger partial charge >= 0.3 is 0 Å². The highest BCUT2D eigenvalue weighted by Gasteiger charge is 2.37. The first kappa shape index (κ1) is 17.9. The fourth-order valence-corrected chi connectivity index (χ4v) is 4.09. The topological polar surface area (TPSA) is 60.9 Å². The number of benzene rings is 1. The number of rotatable bonds is 5. The van der Waals surface area contributed by atoms with Crippen LogP contribution >= 0.6 is 0 Å². The lowest BCUT2D eigenvalue weighted by atomic mass is 9.99. The van der Waals surface area contributed by atoms with Crippen molar-refractivity contribution in [3.8, 4) is 0 Å². The molecule has 2 saturated heterocycles. The highest BCUT2D eigenvalue weighted by atomic mass is 16.3. The third-order valence-corrected chi connectivity index (χ3v) is 5.53. The van der Waals surface area contributed by atoms with Gasteiger partial charge in [-0.05, 0) is 31.2 Å². The van der Waals surface area contributed by atoms with Crippen LogP contribution in [-0.4, -0.2) is 52.4 Å². The van der Waals surface area contributed by atoms with E-state index >= 15 is 0 Å². The molecule has 2 aliphatic rings. The smallest absolute Gasteiger partial charge is 0.227 e. The number of hydrogen-bond acceptors (Lipinski definition) is 3. The number of likely N-dealkylation sites (tertiary alicyclic amines) is 2. The second-order valence-corrected chi connectivity index (χ2v) is 7.17. The summed E-state index contributed by atoms with van der Waals surface area (Å²) in [6.07, 6.45) is 3.23. The van der Waals surface area contributed by atoms with Crippen LogP contribution in [0, 0.1) is 5.92 Å². The zero-order valence-electron chi connectivity index (χ0n) is 14.9. The van der Waals surface area contributed by atoms with E-state index in [2.05, 4.69) is 0 Å². The van der Waals surface area contributed by atoms with Crippen molar-refractivity contribution in [3.05, 3.63) is 35.9 Å². The molecule has 0 aromatic heterocycles. The molecule has 0 bridgehead atoms. The number of aliphatic hydroxyl groups is 1. The molecule has 2 amide bonds. The fourth-order valence-electron chi connectivity index (χ4n) is 4.09. The quantitative estimate of drug-likeness (QED) is 0.892. The first-order valence-electron chi connectivity index (χ1n) is 9.41. The summed E-state index contributed by atoms with van der Waals surface area (Å²) in [5.74, 6) is 0.215. The fraction of sp³-hybridized carbons (Fsp3) is 0.600. The van der Waals surface area contributed by atoms with E-state index in [0.29, 0.717) is 25.9 Å². The number of hydrogen-bond donors (Lipinski definition) is 1. The van der Waals surface area contributed by atoms with Crippen LogP contribution in [0.1, 0.15) is 50.7 Å². The summed E-state index contributed by atoms with van der Waals surface area (Å²) in [6.45, 7) is 3.87. The molecule has 0 aliphatic carbocycles. The summed E-state index contributed by atoms with van der Waals surface area (Å²) in [6, 6.07) is 9.74. The van der Waals surface area contributed by atoms with Crippen LogP contribution in [0.3, 0.4) is 0 Å². The van der Waals surface area contributed by atoms with Crippen molar-refractivity contribution in [3.63, 3.8) is 0 Å². The Hall–Kier alpha value is -1.88. The van der Waals surface area contributed by atoms with Crippen molar-refractivity contribution in [1.82, 2.24) is 9.80 Å². The molecule has 2 aliphatic heterocycles. The molecule has 5 nitrogen and oxygen atoms in total. The molecular formula is C20H28N2O3. The minimum atomic E-state index is -0.540. The lowest BCUT2D eigenvalue weighted by Crippen LogP contribution is -2.41. The van der Waals surface area contributed by atoms with Gasteiger partial charge in [0.05, 0.1) is 12.0 Å². The predicted molar refractivity (Wildman–Crippen MR) is 95.7 cm³/mol. The van der Waals surface area contributed by atoms with E-state index < -0.39 is 6.10 Å². The maximum absolute atomic E-state index is 12.9. The molecule has 5 heteroatoms. The number of aliphatic hydroxyl groups excluding tert-OH is 1. The van der Waals surface area contributed by atoms with Crippen molar-refractivity contribution in [1.29, 1.82) is 0 Å². The second kappa shape index (κ2) is 8.00. The Morgan fingerprint density at radius 2 is 1.96 bits per heavy atom. The van der Waals surface area contributed by atoms with Gasteiger partial charge in [0.25, 0.3) is 0 Å². The van der Waals surface area contributed by atoms with Gasteiger partial charge in [-0.1, -0.05) is 37.3 Å². The maximum Gasteiger partial charge on any atom is 0.227 e. The molecule has 2 fully saturated rings. The van der Waals surface area contributed by atoms with Crippen molar-refractivity contribution >= 4 is 11.8 Å². The highest BCUT2D eigenvalue weighted by molar-refractivity contribution is 5.82. The zero-order chi connectivity index (χ0) is 17.8. The molecule has 0 radical (unpaired) electrons. The van der Waals surface area contributed by atoms with Gasteiger partial charge in [-0.25, -0.2) is 0 Å². The SMILES string of the molecule is CCC(=O)N1CCC(C(=O)N2CCCC2CC(O)c2ccccc2)C1. The van der Waals surface area contributed by atoms with Crippen LogP contribution in [0.15, 0.2) is 30.3 Å². The minimum absolute atomic E-state index is 0.0787. The Kier molecular flexibility index (Phi) is 5.74. The molecule has 0 saturated carbocycles. The summed E-state index contributed by atoms with van der Waals surface area (Å²) in [5.41, 5.74) is 0.905. The van der Waals surface area contributed by atoms with E-state index in [0.717, 1.165) is 31.4 Å². The summed E-state index contributed by atoms with van der Waals surface area (Å²) in [7, 11) is 0. The largest absolute Gasteiger partial charge is 0.388 e. The van der Waals surface area contributed by atoms with Crippen molar-refractivity contribution in [2.45, 2.75) is 51.2 Å². The van der Waals surface area contributed by atoms with Crippen LogP contribution in [0.4, 0.5) is 0 Å². The molecule has 0 spiro atoms.